The van der Waals surface area contributed by atoms with Crippen molar-refractivity contribution in [1.29, 1.82) is 0 Å². The van der Waals surface area contributed by atoms with Crippen molar-refractivity contribution in [2.24, 2.45) is 5.92 Å². The number of carbonyl (C=O) groups is 2. The lowest BCUT2D eigenvalue weighted by molar-refractivity contribution is -0.145. The predicted octanol–water partition coefficient (Wildman–Crippen LogP) is 1.25. The summed E-state index contributed by atoms with van der Waals surface area (Å²) in [7, 11) is 3.04. The number of nitrogens with zero attached hydrogens (tertiary/aromatic N) is 1. The number of likely N-dealkylation sites (tertiary alicyclic amines) is 1. The van der Waals surface area contributed by atoms with Gasteiger partial charge in [-0.2, -0.15) is 0 Å². The normalized spacial score (nSPS) is 14.4. The summed E-state index contributed by atoms with van der Waals surface area (Å²) >= 11 is 0. The zero-order valence-corrected chi connectivity index (χ0v) is 11.3. The third kappa shape index (κ3) is 2.76. The maximum Gasteiger partial charge on any atom is 0.321 e. The summed E-state index contributed by atoms with van der Waals surface area (Å²) in [5.74, 6) is -0.252. The lowest BCUT2D eigenvalue weighted by Crippen LogP contribution is -2.54. The van der Waals surface area contributed by atoms with Crippen LogP contribution in [-0.2, 0) is 4.79 Å². The van der Waals surface area contributed by atoms with Crippen LogP contribution in [0.2, 0.25) is 0 Å². The molecule has 7 nitrogen and oxygen atoms in total. The van der Waals surface area contributed by atoms with Crippen LogP contribution in [0.4, 0.5) is 10.5 Å². The minimum Gasteiger partial charge on any atom is -0.497 e. The number of hydrogen-bond acceptors (Lipinski definition) is 4. The Balaban J connectivity index is 2.00. The van der Waals surface area contributed by atoms with Crippen molar-refractivity contribution in [3.63, 3.8) is 0 Å². The van der Waals surface area contributed by atoms with E-state index in [1.807, 2.05) is 0 Å². The summed E-state index contributed by atoms with van der Waals surface area (Å²) in [5.41, 5.74) is 0.511. The van der Waals surface area contributed by atoms with Crippen LogP contribution in [0.15, 0.2) is 18.2 Å². The number of carbonyl (C=O) groups excluding carboxylic acids is 1. The molecule has 1 saturated heterocycles. The van der Waals surface area contributed by atoms with Crippen molar-refractivity contribution < 1.29 is 24.2 Å². The molecule has 0 spiro atoms. The van der Waals surface area contributed by atoms with Gasteiger partial charge in [-0.15, -0.1) is 0 Å². The molecule has 1 heterocycles. The van der Waals surface area contributed by atoms with Gasteiger partial charge in [-0.1, -0.05) is 0 Å². The topological polar surface area (TPSA) is 88.1 Å². The number of aliphatic carboxylic acids is 1. The van der Waals surface area contributed by atoms with Crippen molar-refractivity contribution in [2.75, 3.05) is 32.6 Å². The highest BCUT2D eigenvalue weighted by molar-refractivity contribution is 5.92. The fourth-order valence-electron chi connectivity index (χ4n) is 1.90. The molecule has 0 unspecified atom stereocenters. The van der Waals surface area contributed by atoms with Gasteiger partial charge in [-0.25, -0.2) is 4.79 Å². The molecule has 0 saturated carbocycles. The van der Waals surface area contributed by atoms with Crippen LogP contribution in [0.1, 0.15) is 0 Å². The predicted molar refractivity (Wildman–Crippen MR) is 71.3 cm³/mol. The van der Waals surface area contributed by atoms with Gasteiger partial charge in [-0.3, -0.25) is 4.79 Å². The molecule has 0 atom stereocenters. The number of methoxy groups -OCH3 is 2. The van der Waals surface area contributed by atoms with E-state index in [-0.39, 0.29) is 19.1 Å². The largest absolute Gasteiger partial charge is 0.497 e. The molecule has 1 aromatic carbocycles. The first-order valence-electron chi connectivity index (χ1n) is 6.06. The number of urea groups is 1. The van der Waals surface area contributed by atoms with Gasteiger partial charge < -0.3 is 24.8 Å². The summed E-state index contributed by atoms with van der Waals surface area (Å²) in [6.07, 6.45) is 0. The molecule has 20 heavy (non-hydrogen) atoms. The highest BCUT2D eigenvalue weighted by atomic mass is 16.5. The van der Waals surface area contributed by atoms with Gasteiger partial charge in [0.05, 0.1) is 25.8 Å². The molecule has 1 aromatic rings. The smallest absolute Gasteiger partial charge is 0.321 e. The summed E-state index contributed by atoms with van der Waals surface area (Å²) in [6.45, 7) is 0.444. The molecule has 0 bridgehead atoms. The SMILES string of the molecule is COc1ccc(NC(=O)N2CC(C(=O)O)C2)c(OC)c1. The van der Waals surface area contributed by atoms with Gasteiger partial charge in [0, 0.05) is 19.2 Å². The van der Waals surface area contributed by atoms with Gasteiger partial charge in [0.25, 0.3) is 0 Å². The zero-order valence-electron chi connectivity index (χ0n) is 11.3. The van der Waals surface area contributed by atoms with Crippen LogP contribution in [0.5, 0.6) is 11.5 Å². The van der Waals surface area contributed by atoms with Crippen molar-refractivity contribution >= 4 is 17.7 Å². The average Bonchev–Trinajstić information content (AvgIpc) is 2.36. The number of nitrogens with one attached hydrogen (secondary N) is 1. The standard InChI is InChI=1S/C13H16N2O5/c1-19-9-3-4-10(11(5-9)20-2)14-13(18)15-6-8(7-15)12(16)17/h3-5,8H,6-7H2,1-2H3,(H,14,18)(H,16,17). The van der Waals surface area contributed by atoms with E-state index in [0.717, 1.165) is 0 Å². The lowest BCUT2D eigenvalue weighted by Gasteiger charge is -2.36. The van der Waals surface area contributed by atoms with Gasteiger partial charge in [-0.05, 0) is 12.1 Å². The maximum atomic E-state index is 11.9. The van der Waals surface area contributed by atoms with Gasteiger partial charge in [0.15, 0.2) is 0 Å². The van der Waals surface area contributed by atoms with E-state index in [9.17, 15) is 9.59 Å². The number of rotatable bonds is 4. The van der Waals surface area contributed by atoms with Crippen molar-refractivity contribution in [3.05, 3.63) is 18.2 Å². The maximum absolute atomic E-state index is 11.9. The van der Waals surface area contributed by atoms with E-state index in [1.54, 1.807) is 25.3 Å². The number of hydrogen-bond donors (Lipinski definition) is 2. The molecule has 2 N–H and O–H groups in total. The fourth-order valence-corrected chi connectivity index (χ4v) is 1.90. The van der Waals surface area contributed by atoms with Crippen LogP contribution in [0.3, 0.4) is 0 Å². The molecular weight excluding hydrogens is 264 g/mol. The molecule has 1 aliphatic rings. The number of benzene rings is 1. The molecule has 1 aliphatic heterocycles. The van der Waals surface area contributed by atoms with Gasteiger partial charge in [0.2, 0.25) is 0 Å². The van der Waals surface area contributed by atoms with Gasteiger partial charge in [0.1, 0.15) is 11.5 Å². The molecule has 0 radical (unpaired) electrons. The van der Waals surface area contributed by atoms with E-state index in [2.05, 4.69) is 5.32 Å². The van der Waals surface area contributed by atoms with Crippen LogP contribution in [-0.4, -0.2) is 49.3 Å². The van der Waals surface area contributed by atoms with Crippen molar-refractivity contribution in [2.45, 2.75) is 0 Å². The number of anilines is 1. The zero-order chi connectivity index (χ0) is 14.7. The third-order valence-corrected chi connectivity index (χ3v) is 3.17. The molecule has 108 valence electrons. The number of ether oxygens (including phenoxy) is 2. The molecule has 0 aliphatic carbocycles. The summed E-state index contributed by atoms with van der Waals surface area (Å²) in [6, 6.07) is 4.69. The Labute approximate surface area is 116 Å². The minimum atomic E-state index is -0.879. The Morgan fingerprint density at radius 3 is 2.55 bits per heavy atom. The quantitative estimate of drug-likeness (QED) is 0.866. The highest BCUT2D eigenvalue weighted by Gasteiger charge is 2.35. The number of carboxylic acids is 1. The second-order valence-electron chi connectivity index (χ2n) is 4.44. The van der Waals surface area contributed by atoms with Crippen LogP contribution in [0.25, 0.3) is 0 Å². The van der Waals surface area contributed by atoms with Gasteiger partial charge >= 0.3 is 12.0 Å². The number of carboxylic acid groups (broad SMARTS) is 1. The van der Waals surface area contributed by atoms with Crippen molar-refractivity contribution in [3.8, 4) is 11.5 Å². The summed E-state index contributed by atoms with van der Waals surface area (Å²) in [5, 5.41) is 11.5. The molecule has 1 fully saturated rings. The first-order chi connectivity index (χ1) is 9.55. The summed E-state index contributed by atoms with van der Waals surface area (Å²) in [4.78, 5) is 24.0. The van der Waals surface area contributed by atoms with E-state index >= 15 is 0 Å². The van der Waals surface area contributed by atoms with E-state index in [0.29, 0.717) is 17.2 Å². The second kappa shape index (κ2) is 5.68. The first kappa shape index (κ1) is 14.0. The first-order valence-corrected chi connectivity index (χ1v) is 6.06. The highest BCUT2D eigenvalue weighted by Crippen LogP contribution is 2.29. The Kier molecular flexibility index (Phi) is 3.97. The Hall–Kier alpha value is -2.44. The average molecular weight is 280 g/mol. The molecule has 2 amide bonds. The summed E-state index contributed by atoms with van der Waals surface area (Å²) < 4.78 is 10.2. The molecule has 7 heteroatoms. The van der Waals surface area contributed by atoms with Crippen LogP contribution >= 0.6 is 0 Å². The molecular formula is C13H16N2O5. The molecule has 0 aromatic heterocycles. The third-order valence-electron chi connectivity index (χ3n) is 3.17. The van der Waals surface area contributed by atoms with E-state index < -0.39 is 11.9 Å². The van der Waals surface area contributed by atoms with Crippen LogP contribution in [0, 0.1) is 5.92 Å². The van der Waals surface area contributed by atoms with E-state index in [1.165, 1.54) is 12.0 Å². The molecule has 2 rings (SSSR count). The Morgan fingerprint density at radius 1 is 1.30 bits per heavy atom. The Bertz CT molecular complexity index is 525. The Morgan fingerprint density at radius 2 is 2.00 bits per heavy atom. The number of amides is 2. The van der Waals surface area contributed by atoms with Crippen LogP contribution < -0.4 is 14.8 Å². The minimum absolute atomic E-state index is 0.222. The monoisotopic (exact) mass is 280 g/mol. The lowest BCUT2D eigenvalue weighted by atomic mass is 10.0. The van der Waals surface area contributed by atoms with E-state index in [4.69, 9.17) is 14.6 Å². The fraction of sp³-hybridized carbons (Fsp3) is 0.385. The van der Waals surface area contributed by atoms with Crippen molar-refractivity contribution in [1.82, 2.24) is 4.90 Å². The second-order valence-corrected chi connectivity index (χ2v) is 4.44.